The lowest BCUT2D eigenvalue weighted by Gasteiger charge is -2.35. The first kappa shape index (κ1) is 24.1. The molecule has 9 heteroatoms. The van der Waals surface area contributed by atoms with Gasteiger partial charge in [0, 0.05) is 63.3 Å². The molecule has 0 unspecified atom stereocenters. The van der Waals surface area contributed by atoms with Crippen LogP contribution >= 0.6 is 0 Å². The van der Waals surface area contributed by atoms with Crippen LogP contribution in [-0.4, -0.2) is 87.1 Å². The highest BCUT2D eigenvalue weighted by Gasteiger charge is 2.34. The molecule has 3 aliphatic rings. The van der Waals surface area contributed by atoms with Crippen LogP contribution in [0.3, 0.4) is 0 Å². The Hall–Kier alpha value is -3.59. The van der Waals surface area contributed by atoms with Crippen molar-refractivity contribution in [3.63, 3.8) is 0 Å². The Morgan fingerprint density at radius 1 is 1.03 bits per heavy atom. The summed E-state index contributed by atoms with van der Waals surface area (Å²) in [4.78, 5) is 40.1. The van der Waals surface area contributed by atoms with Gasteiger partial charge in [0.25, 0.3) is 5.91 Å². The Bertz CT molecular complexity index is 1170. The van der Waals surface area contributed by atoms with E-state index < -0.39 is 12.2 Å². The first-order valence-electron chi connectivity index (χ1n) is 12.8. The molecule has 2 N–H and O–H groups in total. The highest BCUT2D eigenvalue weighted by molar-refractivity contribution is 6.12. The summed E-state index contributed by atoms with van der Waals surface area (Å²) in [6.07, 6.45) is 0.786. The molecule has 9 nitrogen and oxygen atoms in total. The molecule has 3 aliphatic heterocycles. The van der Waals surface area contributed by atoms with Gasteiger partial charge in [0.05, 0.1) is 5.69 Å². The summed E-state index contributed by atoms with van der Waals surface area (Å²) in [6, 6.07) is 13.4. The van der Waals surface area contributed by atoms with Crippen molar-refractivity contribution < 1.29 is 9.59 Å². The van der Waals surface area contributed by atoms with Crippen LogP contribution in [0.25, 0.3) is 0 Å². The zero-order chi connectivity index (χ0) is 25.2. The second kappa shape index (κ2) is 10.2. The standard InChI is InChI=1S/C27H35N7O2/c1-4-12-34-22-8-6-5-7-21(22)25(33-16-14-31(2)15-17-33)29-24(26(34)35)30-27(36)28-20-10-9-19-11-13-32(3)23(19)18-20/h5-10,18,24H,4,11-17H2,1-3H3,(H2,28,30,36)/t24-/m0/s1. The predicted molar refractivity (Wildman–Crippen MR) is 144 cm³/mol. The molecule has 0 aliphatic carbocycles. The number of nitrogens with one attached hydrogen (secondary N) is 2. The van der Waals surface area contributed by atoms with Crippen molar-refractivity contribution in [3.05, 3.63) is 53.6 Å². The van der Waals surface area contributed by atoms with E-state index >= 15 is 0 Å². The minimum absolute atomic E-state index is 0.225. The number of benzodiazepines with no additional fused rings is 1. The molecule has 5 rings (SSSR count). The van der Waals surface area contributed by atoms with Crippen LogP contribution < -0.4 is 20.4 Å². The van der Waals surface area contributed by atoms with E-state index in [0.29, 0.717) is 12.2 Å². The average Bonchev–Trinajstić information content (AvgIpc) is 3.20. The van der Waals surface area contributed by atoms with Gasteiger partial charge < -0.3 is 30.2 Å². The lowest BCUT2D eigenvalue weighted by atomic mass is 10.1. The fourth-order valence-corrected chi connectivity index (χ4v) is 5.14. The SMILES string of the molecule is CCCN1C(=O)[C@H](NC(=O)Nc2ccc3c(c2)N(C)CC3)N=C(N2CCN(C)CC2)c2ccccc21. The largest absolute Gasteiger partial charge is 0.374 e. The highest BCUT2D eigenvalue weighted by atomic mass is 16.2. The van der Waals surface area contributed by atoms with Gasteiger partial charge in [-0.1, -0.05) is 25.1 Å². The predicted octanol–water partition coefficient (Wildman–Crippen LogP) is 2.58. The number of amidine groups is 1. The number of likely N-dealkylation sites (N-methyl/N-ethyl adjacent to an activating group) is 2. The molecule has 2 aromatic carbocycles. The maximum atomic E-state index is 13.7. The highest BCUT2D eigenvalue weighted by Crippen LogP contribution is 2.30. The summed E-state index contributed by atoms with van der Waals surface area (Å²) in [5.41, 5.74) is 4.86. The van der Waals surface area contributed by atoms with Crippen molar-refractivity contribution in [2.45, 2.75) is 25.9 Å². The molecule has 2 aromatic rings. The maximum absolute atomic E-state index is 13.7. The summed E-state index contributed by atoms with van der Waals surface area (Å²) >= 11 is 0. The number of amides is 3. The van der Waals surface area contributed by atoms with Crippen LogP contribution in [0.2, 0.25) is 0 Å². The number of anilines is 3. The fraction of sp³-hybridized carbons (Fsp3) is 0.444. The van der Waals surface area contributed by atoms with Crippen molar-refractivity contribution in [3.8, 4) is 0 Å². The van der Waals surface area contributed by atoms with Crippen molar-refractivity contribution >= 4 is 34.8 Å². The number of urea groups is 1. The quantitative estimate of drug-likeness (QED) is 0.690. The van der Waals surface area contributed by atoms with Crippen molar-refractivity contribution in [1.29, 1.82) is 0 Å². The third-order valence-corrected chi connectivity index (χ3v) is 7.18. The first-order valence-corrected chi connectivity index (χ1v) is 12.8. The Kier molecular flexibility index (Phi) is 6.82. The minimum atomic E-state index is -1.02. The van der Waals surface area contributed by atoms with Crippen LogP contribution in [0.1, 0.15) is 24.5 Å². The lowest BCUT2D eigenvalue weighted by molar-refractivity contribution is -0.120. The number of rotatable bonds is 4. The van der Waals surface area contributed by atoms with Gasteiger partial charge in [-0.05, 0) is 49.7 Å². The fourth-order valence-electron chi connectivity index (χ4n) is 5.14. The number of piperazine rings is 1. The smallest absolute Gasteiger partial charge is 0.321 e. The number of aliphatic imine (C=N–C) groups is 1. The number of para-hydroxylation sites is 1. The number of benzene rings is 2. The van der Waals surface area contributed by atoms with Gasteiger partial charge in [0.1, 0.15) is 5.84 Å². The van der Waals surface area contributed by atoms with Gasteiger partial charge in [-0.2, -0.15) is 0 Å². The zero-order valence-corrected chi connectivity index (χ0v) is 21.3. The van der Waals surface area contributed by atoms with E-state index in [1.165, 1.54) is 5.56 Å². The van der Waals surface area contributed by atoms with Crippen molar-refractivity contribution in [1.82, 2.24) is 15.1 Å². The molecule has 3 amide bonds. The van der Waals surface area contributed by atoms with Gasteiger partial charge in [-0.3, -0.25) is 4.79 Å². The van der Waals surface area contributed by atoms with E-state index in [1.807, 2.05) is 43.3 Å². The summed E-state index contributed by atoms with van der Waals surface area (Å²) in [5.74, 6) is 0.535. The van der Waals surface area contributed by atoms with Gasteiger partial charge in [-0.25, -0.2) is 9.79 Å². The Morgan fingerprint density at radius 3 is 2.58 bits per heavy atom. The molecule has 0 bridgehead atoms. The molecular weight excluding hydrogens is 454 g/mol. The van der Waals surface area contributed by atoms with E-state index in [0.717, 1.165) is 68.3 Å². The topological polar surface area (TPSA) is 83.5 Å². The summed E-state index contributed by atoms with van der Waals surface area (Å²) in [6.45, 7) is 7.03. The molecule has 1 fully saturated rings. The molecule has 190 valence electrons. The third kappa shape index (κ3) is 4.75. The molecule has 0 spiro atoms. The van der Waals surface area contributed by atoms with Crippen LogP contribution in [0.5, 0.6) is 0 Å². The molecule has 3 heterocycles. The van der Waals surface area contributed by atoms with E-state index in [9.17, 15) is 9.59 Å². The first-order chi connectivity index (χ1) is 17.4. The number of fused-ring (bicyclic) bond motifs is 2. The van der Waals surface area contributed by atoms with E-state index in [2.05, 4.69) is 45.5 Å². The van der Waals surface area contributed by atoms with E-state index in [4.69, 9.17) is 4.99 Å². The lowest BCUT2D eigenvalue weighted by Crippen LogP contribution is -2.50. The summed E-state index contributed by atoms with van der Waals surface area (Å²) < 4.78 is 0. The number of carbonyl (C=O) groups is 2. The zero-order valence-electron chi connectivity index (χ0n) is 21.3. The number of hydrogen-bond donors (Lipinski definition) is 2. The van der Waals surface area contributed by atoms with Crippen molar-refractivity contribution in [2.24, 2.45) is 4.99 Å². The molecule has 1 atom stereocenters. The number of hydrogen-bond acceptors (Lipinski definition) is 6. The Balaban J connectivity index is 1.43. The average molecular weight is 490 g/mol. The van der Waals surface area contributed by atoms with Gasteiger partial charge in [-0.15, -0.1) is 0 Å². The Labute approximate surface area is 212 Å². The molecule has 0 saturated carbocycles. The van der Waals surface area contributed by atoms with Gasteiger partial charge >= 0.3 is 6.03 Å². The number of carbonyl (C=O) groups excluding carboxylic acids is 2. The van der Waals surface area contributed by atoms with Crippen LogP contribution in [0, 0.1) is 0 Å². The molecule has 0 aromatic heterocycles. The molecule has 1 saturated heterocycles. The molecular formula is C27H35N7O2. The van der Waals surface area contributed by atoms with Gasteiger partial charge in [0.2, 0.25) is 6.17 Å². The summed E-state index contributed by atoms with van der Waals surface area (Å²) in [5, 5.41) is 5.77. The van der Waals surface area contributed by atoms with Crippen LogP contribution in [0.15, 0.2) is 47.5 Å². The minimum Gasteiger partial charge on any atom is -0.374 e. The normalized spacial score (nSPS) is 20.0. The monoisotopic (exact) mass is 489 g/mol. The third-order valence-electron chi connectivity index (χ3n) is 7.18. The second-order valence-corrected chi connectivity index (χ2v) is 9.77. The second-order valence-electron chi connectivity index (χ2n) is 9.77. The number of nitrogens with zero attached hydrogens (tertiary/aromatic N) is 5. The van der Waals surface area contributed by atoms with Crippen LogP contribution in [-0.2, 0) is 11.2 Å². The van der Waals surface area contributed by atoms with Crippen molar-refractivity contribution in [2.75, 3.05) is 68.5 Å². The van der Waals surface area contributed by atoms with Gasteiger partial charge in [0.15, 0.2) is 0 Å². The molecule has 36 heavy (non-hydrogen) atoms. The Morgan fingerprint density at radius 2 is 1.81 bits per heavy atom. The molecule has 0 radical (unpaired) electrons. The summed E-state index contributed by atoms with van der Waals surface area (Å²) in [7, 11) is 4.16. The maximum Gasteiger partial charge on any atom is 0.321 e. The van der Waals surface area contributed by atoms with E-state index in [-0.39, 0.29) is 5.91 Å². The van der Waals surface area contributed by atoms with E-state index in [1.54, 1.807) is 4.90 Å². The van der Waals surface area contributed by atoms with Crippen LogP contribution in [0.4, 0.5) is 21.9 Å².